The Labute approximate surface area is 180 Å². The van der Waals surface area contributed by atoms with Crippen molar-refractivity contribution in [3.8, 4) is 5.75 Å². The molecule has 1 N–H and O–H groups in total. The van der Waals surface area contributed by atoms with E-state index in [0.29, 0.717) is 13.1 Å². The predicted molar refractivity (Wildman–Crippen MR) is 113 cm³/mol. The van der Waals surface area contributed by atoms with Crippen molar-refractivity contribution in [2.75, 3.05) is 24.9 Å². The summed E-state index contributed by atoms with van der Waals surface area (Å²) in [6.45, 7) is 4.48. The smallest absolute Gasteiger partial charge is 0.271 e. The molecule has 0 aliphatic carbocycles. The van der Waals surface area contributed by atoms with E-state index < -0.39 is 25.5 Å². The van der Waals surface area contributed by atoms with Crippen LogP contribution in [0.3, 0.4) is 0 Å². The van der Waals surface area contributed by atoms with Crippen molar-refractivity contribution in [3.05, 3.63) is 58.1 Å². The van der Waals surface area contributed by atoms with E-state index in [-0.39, 0.29) is 35.1 Å². The van der Waals surface area contributed by atoms with Gasteiger partial charge in [0, 0.05) is 25.2 Å². The Bertz CT molecular complexity index is 1090. The molecule has 1 amide bonds. The van der Waals surface area contributed by atoms with E-state index in [1.807, 2.05) is 13.8 Å². The van der Waals surface area contributed by atoms with Gasteiger partial charge < -0.3 is 14.4 Å². The molecule has 2 atom stereocenters. The van der Waals surface area contributed by atoms with Crippen LogP contribution in [-0.2, 0) is 14.8 Å². The fourth-order valence-electron chi connectivity index (χ4n) is 3.46. The van der Waals surface area contributed by atoms with Crippen LogP contribution in [0.4, 0.5) is 11.4 Å². The number of carbonyl (C=O) groups excluding carboxylic acids is 1. The number of sulfonamides is 1. The molecule has 0 bridgehead atoms. The van der Waals surface area contributed by atoms with Crippen LogP contribution in [0.25, 0.3) is 0 Å². The molecule has 2 unspecified atom stereocenters. The summed E-state index contributed by atoms with van der Waals surface area (Å²) in [6.07, 6.45) is -0.295. The number of non-ortho nitro benzene ring substituents is 1. The van der Waals surface area contributed by atoms with E-state index in [9.17, 15) is 23.3 Å². The molecule has 1 aliphatic rings. The number of nitro groups is 1. The number of hydrogen-bond acceptors (Lipinski definition) is 7. The Morgan fingerprint density at radius 3 is 2.45 bits per heavy atom. The molecule has 11 heteroatoms. The lowest BCUT2D eigenvalue weighted by atomic mass is 10.1. The number of methoxy groups -OCH3 is 1. The molecule has 1 fully saturated rings. The SMILES string of the molecule is COc1ccc([N+](=O)[O-])cc1S(=O)(=O)Nc1ccccc1C(=O)N1CC(C)OC(C)C1. The van der Waals surface area contributed by atoms with Crippen LogP contribution in [0.2, 0.25) is 0 Å². The molecule has 2 aromatic carbocycles. The number of benzene rings is 2. The number of carbonyl (C=O) groups is 1. The van der Waals surface area contributed by atoms with Crippen molar-refractivity contribution < 1.29 is 27.6 Å². The summed E-state index contributed by atoms with van der Waals surface area (Å²) in [5.74, 6) is -0.399. The largest absolute Gasteiger partial charge is 0.495 e. The van der Waals surface area contributed by atoms with Gasteiger partial charge in [-0.15, -0.1) is 0 Å². The van der Waals surface area contributed by atoms with E-state index in [1.54, 1.807) is 17.0 Å². The molecular weight excluding hydrogens is 426 g/mol. The van der Waals surface area contributed by atoms with Crippen LogP contribution < -0.4 is 9.46 Å². The van der Waals surface area contributed by atoms with Gasteiger partial charge in [0.2, 0.25) is 0 Å². The van der Waals surface area contributed by atoms with Gasteiger partial charge in [-0.3, -0.25) is 19.6 Å². The highest BCUT2D eigenvalue weighted by Crippen LogP contribution is 2.31. The average Bonchev–Trinajstić information content (AvgIpc) is 2.72. The van der Waals surface area contributed by atoms with Gasteiger partial charge in [-0.25, -0.2) is 8.42 Å². The van der Waals surface area contributed by atoms with Crippen molar-refractivity contribution in [1.29, 1.82) is 0 Å². The molecule has 0 radical (unpaired) electrons. The molecule has 0 saturated carbocycles. The number of hydrogen-bond donors (Lipinski definition) is 1. The molecule has 0 aromatic heterocycles. The Hall–Kier alpha value is -3.18. The third-order valence-electron chi connectivity index (χ3n) is 4.76. The minimum absolute atomic E-state index is 0.0577. The maximum Gasteiger partial charge on any atom is 0.271 e. The first-order chi connectivity index (χ1) is 14.6. The summed E-state index contributed by atoms with van der Waals surface area (Å²) < 4.78 is 39.2. The minimum atomic E-state index is -4.30. The van der Waals surface area contributed by atoms with Crippen molar-refractivity contribution >= 4 is 27.3 Å². The first-order valence-corrected chi connectivity index (χ1v) is 11.0. The number of ether oxygens (including phenoxy) is 2. The van der Waals surface area contributed by atoms with Gasteiger partial charge in [-0.1, -0.05) is 12.1 Å². The Balaban J connectivity index is 1.96. The highest BCUT2D eigenvalue weighted by molar-refractivity contribution is 7.92. The number of nitrogens with zero attached hydrogens (tertiary/aromatic N) is 2. The van der Waals surface area contributed by atoms with Crippen LogP contribution in [0.5, 0.6) is 5.75 Å². The van der Waals surface area contributed by atoms with E-state index in [4.69, 9.17) is 9.47 Å². The van der Waals surface area contributed by atoms with Crippen LogP contribution in [0, 0.1) is 10.1 Å². The highest BCUT2D eigenvalue weighted by atomic mass is 32.2. The normalized spacial score (nSPS) is 19.0. The first-order valence-electron chi connectivity index (χ1n) is 9.51. The van der Waals surface area contributed by atoms with Gasteiger partial charge >= 0.3 is 0 Å². The predicted octanol–water partition coefficient (Wildman–Crippen LogP) is 2.65. The lowest BCUT2D eigenvalue weighted by molar-refractivity contribution is -0.385. The third kappa shape index (κ3) is 4.94. The van der Waals surface area contributed by atoms with Gasteiger partial charge in [0.25, 0.3) is 21.6 Å². The molecule has 166 valence electrons. The van der Waals surface area contributed by atoms with Crippen molar-refractivity contribution in [3.63, 3.8) is 0 Å². The second-order valence-electron chi connectivity index (χ2n) is 7.21. The molecule has 1 aliphatic heterocycles. The lowest BCUT2D eigenvalue weighted by Crippen LogP contribution is -2.48. The summed E-state index contributed by atoms with van der Waals surface area (Å²) in [5.41, 5.74) is -0.175. The molecule has 0 spiro atoms. The first kappa shape index (κ1) is 22.5. The molecule has 10 nitrogen and oxygen atoms in total. The summed E-state index contributed by atoms with van der Waals surface area (Å²) in [6, 6.07) is 9.47. The number of morpholine rings is 1. The number of nitrogens with one attached hydrogen (secondary N) is 1. The van der Waals surface area contributed by atoms with Crippen LogP contribution in [0.15, 0.2) is 47.4 Å². The second kappa shape index (κ2) is 8.90. The third-order valence-corrected chi connectivity index (χ3v) is 6.14. The maximum absolute atomic E-state index is 13.1. The van der Waals surface area contributed by atoms with Gasteiger partial charge in [-0.2, -0.15) is 0 Å². The van der Waals surface area contributed by atoms with Crippen LogP contribution in [-0.4, -0.2) is 56.6 Å². The Morgan fingerprint density at radius 2 is 1.84 bits per heavy atom. The molecule has 2 aromatic rings. The van der Waals surface area contributed by atoms with E-state index in [0.717, 1.165) is 12.1 Å². The number of para-hydroxylation sites is 1. The summed E-state index contributed by atoms with van der Waals surface area (Å²) in [4.78, 5) is 24.7. The van der Waals surface area contributed by atoms with E-state index in [1.165, 1.54) is 25.3 Å². The summed E-state index contributed by atoms with van der Waals surface area (Å²) >= 11 is 0. The standard InChI is InChI=1S/C20H23N3O7S/c1-13-11-22(12-14(2)30-13)20(24)16-6-4-5-7-17(16)21-31(27,28)19-10-15(23(25)26)8-9-18(19)29-3/h4-10,13-14,21H,11-12H2,1-3H3. The number of amides is 1. The van der Waals surface area contributed by atoms with Gasteiger partial charge in [0.15, 0.2) is 0 Å². The summed E-state index contributed by atoms with van der Waals surface area (Å²) in [5, 5.41) is 11.1. The fourth-order valence-corrected chi connectivity index (χ4v) is 4.73. The lowest BCUT2D eigenvalue weighted by Gasteiger charge is -2.35. The fraction of sp³-hybridized carbons (Fsp3) is 0.350. The molecule has 1 heterocycles. The monoisotopic (exact) mass is 449 g/mol. The minimum Gasteiger partial charge on any atom is -0.495 e. The molecule has 3 rings (SSSR count). The van der Waals surface area contributed by atoms with Crippen LogP contribution in [0.1, 0.15) is 24.2 Å². The molecule has 1 saturated heterocycles. The van der Waals surface area contributed by atoms with Crippen molar-refractivity contribution in [1.82, 2.24) is 4.90 Å². The Kier molecular flexibility index (Phi) is 6.46. The second-order valence-corrected chi connectivity index (χ2v) is 8.86. The maximum atomic E-state index is 13.1. The number of rotatable bonds is 6. The molecule has 31 heavy (non-hydrogen) atoms. The zero-order valence-electron chi connectivity index (χ0n) is 17.3. The topological polar surface area (TPSA) is 128 Å². The Morgan fingerprint density at radius 1 is 1.19 bits per heavy atom. The summed E-state index contributed by atoms with van der Waals surface area (Å²) in [7, 11) is -3.03. The average molecular weight is 449 g/mol. The van der Waals surface area contributed by atoms with Crippen LogP contribution >= 0.6 is 0 Å². The molecular formula is C20H23N3O7S. The quantitative estimate of drug-likeness (QED) is 0.530. The number of nitro benzene ring substituents is 1. The zero-order chi connectivity index (χ0) is 22.8. The number of anilines is 1. The van der Waals surface area contributed by atoms with Gasteiger partial charge in [-0.05, 0) is 32.0 Å². The van der Waals surface area contributed by atoms with E-state index in [2.05, 4.69) is 4.72 Å². The highest BCUT2D eigenvalue weighted by Gasteiger charge is 2.29. The van der Waals surface area contributed by atoms with Gasteiger partial charge in [0.05, 0.1) is 35.5 Å². The van der Waals surface area contributed by atoms with E-state index >= 15 is 0 Å². The van der Waals surface area contributed by atoms with Crippen molar-refractivity contribution in [2.45, 2.75) is 31.0 Å². The van der Waals surface area contributed by atoms with Crippen molar-refractivity contribution in [2.24, 2.45) is 0 Å². The zero-order valence-corrected chi connectivity index (χ0v) is 18.1. The van der Waals surface area contributed by atoms with Gasteiger partial charge in [0.1, 0.15) is 10.6 Å².